The van der Waals surface area contributed by atoms with E-state index in [1.807, 2.05) is 38.1 Å². The van der Waals surface area contributed by atoms with Gasteiger partial charge in [0, 0.05) is 10.4 Å². The molecule has 0 amide bonds. The number of halogens is 1. The van der Waals surface area contributed by atoms with E-state index in [2.05, 4.69) is 15.9 Å². The molecule has 0 saturated carbocycles. The SMILES string of the molecule is Cc1cc(C=O)cc(C)c1OCc1ccc(Br)s1. The highest BCUT2D eigenvalue weighted by molar-refractivity contribution is 9.11. The molecule has 0 bridgehead atoms. The Bertz CT molecular complexity index is 552. The summed E-state index contributed by atoms with van der Waals surface area (Å²) in [6.07, 6.45) is 0.861. The van der Waals surface area contributed by atoms with Crippen LogP contribution in [-0.4, -0.2) is 6.29 Å². The zero-order chi connectivity index (χ0) is 13.1. The highest BCUT2D eigenvalue weighted by atomic mass is 79.9. The Morgan fingerprint density at radius 3 is 2.44 bits per heavy atom. The monoisotopic (exact) mass is 324 g/mol. The van der Waals surface area contributed by atoms with E-state index in [0.29, 0.717) is 12.2 Å². The van der Waals surface area contributed by atoms with E-state index in [9.17, 15) is 4.79 Å². The number of ether oxygens (including phenoxy) is 1. The first-order valence-corrected chi connectivity index (χ1v) is 7.14. The number of thiophene rings is 1. The molecule has 2 nitrogen and oxygen atoms in total. The fourth-order valence-electron chi connectivity index (χ4n) is 1.85. The number of carbonyl (C=O) groups excluding carboxylic acids is 1. The molecule has 0 aliphatic rings. The molecule has 0 atom stereocenters. The van der Waals surface area contributed by atoms with Gasteiger partial charge in [-0.3, -0.25) is 4.79 Å². The van der Waals surface area contributed by atoms with E-state index < -0.39 is 0 Å². The molecule has 0 radical (unpaired) electrons. The molecule has 2 aromatic rings. The predicted molar refractivity (Wildman–Crippen MR) is 77.7 cm³/mol. The Morgan fingerprint density at radius 2 is 1.94 bits per heavy atom. The lowest BCUT2D eigenvalue weighted by atomic mass is 10.1. The molecule has 0 aliphatic carbocycles. The number of carbonyl (C=O) groups is 1. The van der Waals surface area contributed by atoms with Crippen molar-refractivity contribution in [2.45, 2.75) is 20.5 Å². The molecule has 94 valence electrons. The van der Waals surface area contributed by atoms with Crippen LogP contribution < -0.4 is 4.74 Å². The molecular formula is C14H13BrO2S. The van der Waals surface area contributed by atoms with E-state index in [4.69, 9.17) is 4.74 Å². The third kappa shape index (κ3) is 3.00. The average molecular weight is 325 g/mol. The number of hydrogen-bond donors (Lipinski definition) is 0. The Labute approximate surface area is 119 Å². The zero-order valence-electron chi connectivity index (χ0n) is 10.2. The van der Waals surface area contributed by atoms with Gasteiger partial charge in [-0.15, -0.1) is 11.3 Å². The van der Waals surface area contributed by atoms with Crippen LogP contribution in [0.3, 0.4) is 0 Å². The number of aldehydes is 1. The number of benzene rings is 1. The summed E-state index contributed by atoms with van der Waals surface area (Å²) >= 11 is 5.09. The summed E-state index contributed by atoms with van der Waals surface area (Å²) in [7, 11) is 0. The summed E-state index contributed by atoms with van der Waals surface area (Å²) in [4.78, 5) is 11.9. The summed E-state index contributed by atoms with van der Waals surface area (Å²) in [5.41, 5.74) is 2.68. The molecular weight excluding hydrogens is 312 g/mol. The minimum absolute atomic E-state index is 0.554. The van der Waals surface area contributed by atoms with Crippen LogP contribution in [0.2, 0.25) is 0 Å². The van der Waals surface area contributed by atoms with Gasteiger partial charge in [0.2, 0.25) is 0 Å². The Balaban J connectivity index is 2.16. The largest absolute Gasteiger partial charge is 0.488 e. The lowest BCUT2D eigenvalue weighted by Crippen LogP contribution is -1.98. The van der Waals surface area contributed by atoms with Gasteiger partial charge < -0.3 is 4.74 Å². The van der Waals surface area contributed by atoms with Gasteiger partial charge in [-0.1, -0.05) is 0 Å². The van der Waals surface area contributed by atoms with E-state index in [1.54, 1.807) is 11.3 Å². The van der Waals surface area contributed by atoms with Gasteiger partial charge in [-0.05, 0) is 65.2 Å². The van der Waals surface area contributed by atoms with Crippen LogP contribution in [0.1, 0.15) is 26.4 Å². The van der Waals surface area contributed by atoms with Gasteiger partial charge >= 0.3 is 0 Å². The Kier molecular flexibility index (Phi) is 4.19. The maximum absolute atomic E-state index is 10.8. The second-order valence-electron chi connectivity index (χ2n) is 4.10. The Morgan fingerprint density at radius 1 is 1.28 bits per heavy atom. The first-order chi connectivity index (χ1) is 8.60. The van der Waals surface area contributed by atoms with Gasteiger partial charge in [0.1, 0.15) is 18.6 Å². The van der Waals surface area contributed by atoms with E-state index in [-0.39, 0.29) is 0 Å². The smallest absolute Gasteiger partial charge is 0.150 e. The number of rotatable bonds is 4. The maximum Gasteiger partial charge on any atom is 0.150 e. The van der Waals surface area contributed by atoms with Crippen LogP contribution in [0.25, 0.3) is 0 Å². The Hall–Kier alpha value is -1.13. The van der Waals surface area contributed by atoms with E-state index in [0.717, 1.165) is 26.9 Å². The number of hydrogen-bond acceptors (Lipinski definition) is 3. The van der Waals surface area contributed by atoms with Crippen LogP contribution in [-0.2, 0) is 6.61 Å². The van der Waals surface area contributed by atoms with Gasteiger partial charge in [-0.25, -0.2) is 0 Å². The average Bonchev–Trinajstić information content (AvgIpc) is 2.73. The summed E-state index contributed by atoms with van der Waals surface area (Å²) < 4.78 is 6.94. The van der Waals surface area contributed by atoms with Gasteiger partial charge in [-0.2, -0.15) is 0 Å². The fourth-order valence-corrected chi connectivity index (χ4v) is 3.25. The molecule has 2 rings (SSSR count). The van der Waals surface area contributed by atoms with Crippen molar-refractivity contribution < 1.29 is 9.53 Å². The van der Waals surface area contributed by atoms with E-state index >= 15 is 0 Å². The van der Waals surface area contributed by atoms with Crippen molar-refractivity contribution in [3.63, 3.8) is 0 Å². The molecule has 0 aliphatic heterocycles. The summed E-state index contributed by atoms with van der Waals surface area (Å²) in [6.45, 7) is 4.47. The van der Waals surface area contributed by atoms with Crippen LogP contribution in [0.15, 0.2) is 28.1 Å². The van der Waals surface area contributed by atoms with Crippen molar-refractivity contribution in [2.24, 2.45) is 0 Å². The summed E-state index contributed by atoms with van der Waals surface area (Å²) in [5.74, 6) is 0.866. The summed E-state index contributed by atoms with van der Waals surface area (Å²) in [6, 6.07) is 7.75. The van der Waals surface area contributed by atoms with Crippen molar-refractivity contribution in [3.8, 4) is 5.75 Å². The van der Waals surface area contributed by atoms with Crippen LogP contribution in [0, 0.1) is 13.8 Å². The molecule has 0 unspecified atom stereocenters. The predicted octanol–water partition coefficient (Wildman–Crippen LogP) is 4.52. The van der Waals surface area contributed by atoms with Crippen molar-refractivity contribution in [3.05, 3.63) is 49.6 Å². The van der Waals surface area contributed by atoms with Gasteiger partial charge in [0.25, 0.3) is 0 Å². The second-order valence-corrected chi connectivity index (χ2v) is 6.64. The van der Waals surface area contributed by atoms with Gasteiger partial charge in [0.05, 0.1) is 3.79 Å². The quantitative estimate of drug-likeness (QED) is 0.773. The molecule has 1 heterocycles. The third-order valence-corrected chi connectivity index (χ3v) is 4.20. The van der Waals surface area contributed by atoms with E-state index in [1.165, 1.54) is 4.88 Å². The van der Waals surface area contributed by atoms with Crippen LogP contribution in [0.4, 0.5) is 0 Å². The molecule has 0 N–H and O–H groups in total. The molecule has 4 heteroatoms. The molecule has 0 saturated heterocycles. The summed E-state index contributed by atoms with van der Waals surface area (Å²) in [5, 5.41) is 0. The molecule has 0 fully saturated rings. The molecule has 18 heavy (non-hydrogen) atoms. The standard InChI is InChI=1S/C14H13BrO2S/c1-9-5-11(7-16)6-10(2)14(9)17-8-12-3-4-13(15)18-12/h3-7H,8H2,1-2H3. The lowest BCUT2D eigenvalue weighted by Gasteiger charge is -2.12. The van der Waals surface area contributed by atoms with Crippen LogP contribution >= 0.6 is 27.3 Å². The lowest BCUT2D eigenvalue weighted by molar-refractivity contribution is 0.112. The topological polar surface area (TPSA) is 26.3 Å². The van der Waals surface area contributed by atoms with Crippen molar-refractivity contribution >= 4 is 33.6 Å². The molecule has 1 aromatic heterocycles. The second kappa shape index (κ2) is 5.67. The van der Waals surface area contributed by atoms with Crippen molar-refractivity contribution in [1.29, 1.82) is 0 Å². The van der Waals surface area contributed by atoms with Crippen molar-refractivity contribution in [1.82, 2.24) is 0 Å². The van der Waals surface area contributed by atoms with Crippen LogP contribution in [0.5, 0.6) is 5.75 Å². The fraction of sp³-hybridized carbons (Fsp3) is 0.214. The third-order valence-electron chi connectivity index (χ3n) is 2.61. The maximum atomic E-state index is 10.8. The molecule has 1 aromatic carbocycles. The minimum atomic E-state index is 0.554. The highest BCUT2D eigenvalue weighted by Crippen LogP contribution is 2.27. The van der Waals surface area contributed by atoms with Crippen molar-refractivity contribution in [2.75, 3.05) is 0 Å². The first kappa shape index (κ1) is 13.3. The number of aryl methyl sites for hydroxylation is 2. The van der Waals surface area contributed by atoms with Gasteiger partial charge in [0.15, 0.2) is 0 Å². The first-order valence-electron chi connectivity index (χ1n) is 5.53. The highest BCUT2D eigenvalue weighted by Gasteiger charge is 2.07. The zero-order valence-corrected chi connectivity index (χ0v) is 12.6. The normalized spacial score (nSPS) is 10.4. The molecule has 0 spiro atoms. The minimum Gasteiger partial charge on any atom is -0.488 e.